The molecule has 13 heteroatoms. The zero-order valence-corrected chi connectivity index (χ0v) is 21.7. The number of anilines is 2. The first-order chi connectivity index (χ1) is 18.2. The van der Waals surface area contributed by atoms with Gasteiger partial charge in [0.25, 0.3) is 10.0 Å². The van der Waals surface area contributed by atoms with E-state index < -0.39 is 27.9 Å². The van der Waals surface area contributed by atoms with Gasteiger partial charge in [0.15, 0.2) is 5.13 Å². The monoisotopic (exact) mass is 551 g/mol. The number of carbonyl (C=O) groups excluding carboxylic acids is 2. The minimum Gasteiger partial charge on any atom is -0.466 e. The van der Waals surface area contributed by atoms with Crippen molar-refractivity contribution < 1.29 is 27.5 Å². The van der Waals surface area contributed by atoms with Crippen LogP contribution in [0, 0.1) is 11.3 Å². The molecule has 4 rings (SSSR count). The van der Waals surface area contributed by atoms with Crippen LogP contribution in [0.25, 0.3) is 0 Å². The Morgan fingerprint density at radius 1 is 1.08 bits per heavy atom. The first kappa shape index (κ1) is 26.4. The number of methoxy groups -OCH3 is 2. The maximum Gasteiger partial charge on any atom is 0.355 e. The lowest BCUT2D eigenvalue weighted by atomic mass is 9.81. The summed E-state index contributed by atoms with van der Waals surface area (Å²) < 4.78 is 37.9. The third-order valence-electron chi connectivity index (χ3n) is 5.67. The highest BCUT2D eigenvalue weighted by Crippen LogP contribution is 2.43. The van der Waals surface area contributed by atoms with Crippen molar-refractivity contribution in [1.29, 1.82) is 5.26 Å². The lowest BCUT2D eigenvalue weighted by Crippen LogP contribution is -2.40. The van der Waals surface area contributed by atoms with Crippen LogP contribution in [0.5, 0.6) is 0 Å². The minimum absolute atomic E-state index is 0.00797. The number of nitrogens with zero attached hydrogens (tertiary/aromatic N) is 3. The summed E-state index contributed by atoms with van der Waals surface area (Å²) in [4.78, 5) is 31.2. The third kappa shape index (κ3) is 4.82. The standard InChI is InChI=1S/C25H21N5O6S2/c1-35-23(31)20-19(15-6-4-3-5-7-15)18(14-26)22(27)30(21(20)24(32)36-2)16-8-10-17(11-9-16)38(33,34)29-25-28-12-13-37-25/h3-13,19H,27H2,1-2H3,(H,28,29). The van der Waals surface area contributed by atoms with Crippen LogP contribution in [0.1, 0.15) is 11.5 Å². The maximum atomic E-state index is 13.1. The predicted molar refractivity (Wildman–Crippen MR) is 139 cm³/mol. The summed E-state index contributed by atoms with van der Waals surface area (Å²) in [5, 5.41) is 11.9. The minimum atomic E-state index is -3.96. The third-order valence-corrected chi connectivity index (χ3v) is 7.84. The normalized spacial score (nSPS) is 15.6. The smallest absolute Gasteiger partial charge is 0.355 e. The highest BCUT2D eigenvalue weighted by atomic mass is 32.2. The van der Waals surface area contributed by atoms with Crippen LogP contribution in [-0.4, -0.2) is 39.6 Å². The fourth-order valence-corrected chi connectivity index (χ4v) is 5.79. The molecule has 2 heterocycles. The molecule has 1 aliphatic rings. The van der Waals surface area contributed by atoms with Gasteiger partial charge in [0, 0.05) is 17.3 Å². The number of carbonyl (C=O) groups is 2. The van der Waals surface area contributed by atoms with E-state index in [-0.39, 0.29) is 38.4 Å². The molecule has 0 fully saturated rings. The molecule has 0 radical (unpaired) electrons. The second-order valence-electron chi connectivity index (χ2n) is 7.77. The van der Waals surface area contributed by atoms with E-state index in [0.717, 1.165) is 25.6 Å². The Bertz CT molecular complexity index is 1580. The summed E-state index contributed by atoms with van der Waals surface area (Å²) in [6, 6.07) is 16.0. The number of allylic oxidation sites excluding steroid dienone is 1. The molecule has 3 aromatic rings. The van der Waals surface area contributed by atoms with Gasteiger partial charge in [-0.1, -0.05) is 30.3 Å². The van der Waals surface area contributed by atoms with Crippen molar-refractivity contribution in [3.05, 3.63) is 94.4 Å². The largest absolute Gasteiger partial charge is 0.466 e. The Labute approximate surface area is 222 Å². The van der Waals surface area contributed by atoms with Crippen molar-refractivity contribution in [3.63, 3.8) is 0 Å². The van der Waals surface area contributed by atoms with Crippen molar-refractivity contribution >= 4 is 44.1 Å². The van der Waals surface area contributed by atoms with E-state index in [4.69, 9.17) is 15.2 Å². The molecule has 0 aliphatic carbocycles. The lowest BCUT2D eigenvalue weighted by molar-refractivity contribution is -0.139. The van der Waals surface area contributed by atoms with Crippen LogP contribution in [0.3, 0.4) is 0 Å². The fourth-order valence-electron chi connectivity index (χ4n) is 4.00. The van der Waals surface area contributed by atoms with Crippen LogP contribution in [0.4, 0.5) is 10.8 Å². The Morgan fingerprint density at radius 3 is 2.29 bits per heavy atom. The van der Waals surface area contributed by atoms with Crippen molar-refractivity contribution in [2.24, 2.45) is 5.73 Å². The second-order valence-corrected chi connectivity index (χ2v) is 10.3. The Hall–Kier alpha value is -4.67. The Morgan fingerprint density at radius 2 is 1.74 bits per heavy atom. The first-order valence-corrected chi connectivity index (χ1v) is 13.3. The van der Waals surface area contributed by atoms with E-state index in [2.05, 4.69) is 15.8 Å². The van der Waals surface area contributed by atoms with Gasteiger partial charge in [0.2, 0.25) is 0 Å². The maximum absolute atomic E-state index is 13.1. The molecule has 0 saturated carbocycles. The second kappa shape index (κ2) is 10.8. The average molecular weight is 552 g/mol. The number of nitrogens with two attached hydrogens (primary N) is 1. The molecule has 0 saturated heterocycles. The summed E-state index contributed by atoms with van der Waals surface area (Å²) in [6.07, 6.45) is 1.46. The number of esters is 2. The van der Waals surface area contributed by atoms with Gasteiger partial charge in [-0.15, -0.1) is 11.3 Å². The van der Waals surface area contributed by atoms with Gasteiger partial charge in [-0.3, -0.25) is 9.62 Å². The van der Waals surface area contributed by atoms with E-state index in [1.54, 1.807) is 35.7 Å². The van der Waals surface area contributed by atoms with E-state index >= 15 is 0 Å². The first-order valence-electron chi connectivity index (χ1n) is 10.9. The quantitative estimate of drug-likeness (QED) is 0.417. The number of aromatic nitrogens is 1. The van der Waals surface area contributed by atoms with Gasteiger partial charge in [-0.2, -0.15) is 5.26 Å². The molecular formula is C25H21N5O6S2. The molecule has 0 spiro atoms. The highest BCUT2D eigenvalue weighted by molar-refractivity contribution is 7.93. The van der Waals surface area contributed by atoms with Crippen molar-refractivity contribution in [3.8, 4) is 6.07 Å². The fraction of sp³-hybridized carbons (Fsp3) is 0.120. The summed E-state index contributed by atoms with van der Waals surface area (Å²) in [5.74, 6) is -2.92. The molecule has 1 aromatic heterocycles. The van der Waals surface area contributed by atoms with Crippen LogP contribution >= 0.6 is 11.3 Å². The number of hydrogen-bond acceptors (Lipinski definition) is 11. The molecule has 1 unspecified atom stereocenters. The zero-order chi connectivity index (χ0) is 27.4. The Balaban J connectivity index is 1.89. The molecule has 0 amide bonds. The molecule has 1 atom stereocenters. The predicted octanol–water partition coefficient (Wildman–Crippen LogP) is 2.84. The number of thiazole rings is 1. The van der Waals surface area contributed by atoms with E-state index in [0.29, 0.717) is 5.56 Å². The lowest BCUT2D eigenvalue weighted by Gasteiger charge is -2.35. The molecular weight excluding hydrogens is 530 g/mol. The zero-order valence-electron chi connectivity index (χ0n) is 20.1. The van der Waals surface area contributed by atoms with Crippen LogP contribution < -0.4 is 15.4 Å². The highest BCUT2D eigenvalue weighted by Gasteiger charge is 2.43. The number of ether oxygens (including phenoxy) is 2. The molecule has 1 aliphatic heterocycles. The summed E-state index contributed by atoms with van der Waals surface area (Å²) >= 11 is 1.12. The molecule has 11 nitrogen and oxygen atoms in total. The number of nitriles is 1. The van der Waals surface area contributed by atoms with E-state index in [1.165, 1.54) is 35.4 Å². The van der Waals surface area contributed by atoms with Crippen LogP contribution in [0.2, 0.25) is 0 Å². The van der Waals surface area contributed by atoms with Gasteiger partial charge in [-0.25, -0.2) is 23.0 Å². The van der Waals surface area contributed by atoms with E-state index in [1.807, 2.05) is 0 Å². The number of benzene rings is 2. The Kier molecular flexibility index (Phi) is 7.47. The number of hydrogen-bond donors (Lipinski definition) is 2. The topological polar surface area (TPSA) is 165 Å². The average Bonchev–Trinajstić information content (AvgIpc) is 3.44. The molecule has 2 aromatic carbocycles. The van der Waals surface area contributed by atoms with Gasteiger partial charge >= 0.3 is 11.9 Å². The molecule has 3 N–H and O–H groups in total. The van der Waals surface area contributed by atoms with Crippen LogP contribution in [0.15, 0.2) is 93.7 Å². The summed E-state index contributed by atoms with van der Waals surface area (Å²) in [6.45, 7) is 0. The summed E-state index contributed by atoms with van der Waals surface area (Å²) in [5.41, 5.74) is 6.76. The molecule has 0 bridgehead atoms. The van der Waals surface area contributed by atoms with Crippen LogP contribution in [-0.2, 0) is 29.1 Å². The van der Waals surface area contributed by atoms with Gasteiger partial charge < -0.3 is 15.2 Å². The number of nitrogens with one attached hydrogen (secondary N) is 1. The SMILES string of the molecule is COC(=O)C1=C(C(=O)OC)N(c2ccc(S(=O)(=O)Nc3nccs3)cc2)C(N)=C(C#N)C1c1ccccc1. The van der Waals surface area contributed by atoms with Crippen molar-refractivity contribution in [2.75, 3.05) is 23.8 Å². The van der Waals surface area contributed by atoms with Gasteiger partial charge in [0.05, 0.1) is 42.2 Å². The summed E-state index contributed by atoms with van der Waals surface area (Å²) in [7, 11) is -1.67. The van der Waals surface area contributed by atoms with Gasteiger partial charge in [-0.05, 0) is 29.8 Å². The van der Waals surface area contributed by atoms with Crippen molar-refractivity contribution in [2.45, 2.75) is 10.8 Å². The number of rotatable bonds is 7. The molecule has 194 valence electrons. The van der Waals surface area contributed by atoms with E-state index in [9.17, 15) is 23.3 Å². The van der Waals surface area contributed by atoms with Gasteiger partial charge in [0.1, 0.15) is 11.5 Å². The molecule has 38 heavy (non-hydrogen) atoms. The number of sulfonamides is 1. The van der Waals surface area contributed by atoms with Crippen molar-refractivity contribution in [1.82, 2.24) is 4.98 Å².